The second-order valence-electron chi connectivity index (χ2n) is 4.52. The van der Waals surface area contributed by atoms with Gasteiger partial charge in [0.05, 0.1) is 22.4 Å². The molecule has 2 rings (SSSR count). The molecule has 1 fully saturated rings. The first-order chi connectivity index (χ1) is 9.51. The Bertz CT molecular complexity index is 535. The van der Waals surface area contributed by atoms with E-state index in [9.17, 15) is 9.59 Å². The molecule has 0 aliphatic carbocycles. The van der Waals surface area contributed by atoms with Gasteiger partial charge in [-0.15, -0.1) is 0 Å². The summed E-state index contributed by atoms with van der Waals surface area (Å²) < 4.78 is 5.19. The summed E-state index contributed by atoms with van der Waals surface area (Å²) in [7, 11) is 1.61. The number of benzene rings is 1. The minimum Gasteiger partial charge on any atom is -0.478 e. The zero-order valence-electron chi connectivity index (χ0n) is 10.9. The summed E-state index contributed by atoms with van der Waals surface area (Å²) in [5, 5.41) is 11.9. The predicted octanol–water partition coefficient (Wildman–Crippen LogP) is 2.29. The number of carbonyl (C=O) groups is 2. The Kier molecular flexibility index (Phi) is 4.46. The van der Waals surface area contributed by atoms with Crippen molar-refractivity contribution in [3.63, 3.8) is 0 Å². The molecule has 1 aromatic carbocycles. The van der Waals surface area contributed by atoms with Crippen LogP contribution in [-0.2, 0) is 4.74 Å². The van der Waals surface area contributed by atoms with Crippen molar-refractivity contribution in [3.05, 3.63) is 28.8 Å². The van der Waals surface area contributed by atoms with Gasteiger partial charge < -0.3 is 20.1 Å². The lowest BCUT2D eigenvalue weighted by Gasteiger charge is -2.17. The molecule has 6 nitrogen and oxygen atoms in total. The molecule has 1 atom stereocenters. The van der Waals surface area contributed by atoms with Gasteiger partial charge in [0.15, 0.2) is 0 Å². The fourth-order valence-corrected chi connectivity index (χ4v) is 2.22. The quantitative estimate of drug-likeness (QED) is 0.897. The van der Waals surface area contributed by atoms with Crippen LogP contribution in [0.3, 0.4) is 0 Å². The maximum absolute atomic E-state index is 12.1. The van der Waals surface area contributed by atoms with Gasteiger partial charge in [0.1, 0.15) is 0 Å². The van der Waals surface area contributed by atoms with Gasteiger partial charge in [0, 0.05) is 20.2 Å². The average Bonchev–Trinajstić information content (AvgIpc) is 2.89. The number of halogens is 1. The number of rotatable bonds is 3. The summed E-state index contributed by atoms with van der Waals surface area (Å²) in [5.74, 6) is -1.07. The lowest BCUT2D eigenvalue weighted by molar-refractivity contribution is 0.0697. The number of urea groups is 1. The lowest BCUT2D eigenvalue weighted by atomic mass is 10.2. The van der Waals surface area contributed by atoms with Gasteiger partial charge in [-0.2, -0.15) is 0 Å². The van der Waals surface area contributed by atoms with E-state index in [0.717, 1.165) is 6.42 Å². The number of hydrogen-bond donors (Lipinski definition) is 2. The highest BCUT2D eigenvalue weighted by Gasteiger charge is 2.26. The average molecular weight is 299 g/mol. The zero-order chi connectivity index (χ0) is 14.7. The van der Waals surface area contributed by atoms with Crippen molar-refractivity contribution >= 4 is 29.3 Å². The molecule has 1 unspecified atom stereocenters. The van der Waals surface area contributed by atoms with E-state index in [-0.39, 0.29) is 23.4 Å². The molecule has 0 aromatic heterocycles. The summed E-state index contributed by atoms with van der Waals surface area (Å²) in [6, 6.07) is 3.86. The summed E-state index contributed by atoms with van der Waals surface area (Å²) in [5.41, 5.74) is 0.360. The first kappa shape index (κ1) is 14.6. The van der Waals surface area contributed by atoms with Gasteiger partial charge in [-0.25, -0.2) is 9.59 Å². The van der Waals surface area contributed by atoms with E-state index in [2.05, 4.69) is 5.32 Å². The number of carboxylic acids is 1. The number of amides is 2. The minimum atomic E-state index is -1.07. The highest BCUT2D eigenvalue weighted by molar-refractivity contribution is 6.33. The zero-order valence-corrected chi connectivity index (χ0v) is 11.7. The fraction of sp³-hybridized carbons (Fsp3) is 0.385. The molecule has 0 radical (unpaired) electrons. The van der Waals surface area contributed by atoms with E-state index in [4.69, 9.17) is 21.4 Å². The Labute approximate surface area is 121 Å². The molecule has 1 aliphatic rings. The van der Waals surface area contributed by atoms with Gasteiger partial charge >= 0.3 is 12.0 Å². The summed E-state index contributed by atoms with van der Waals surface area (Å²) in [6.07, 6.45) is 0.828. The molecule has 20 heavy (non-hydrogen) atoms. The monoisotopic (exact) mass is 298 g/mol. The SMILES string of the molecule is COC1CCN(C(=O)Nc2cc(C(=O)O)ccc2Cl)C1. The molecule has 0 spiro atoms. The number of hydrogen-bond acceptors (Lipinski definition) is 3. The Morgan fingerprint density at radius 1 is 1.50 bits per heavy atom. The summed E-state index contributed by atoms with van der Waals surface area (Å²) >= 11 is 5.96. The Morgan fingerprint density at radius 2 is 2.25 bits per heavy atom. The van der Waals surface area contributed by atoms with Gasteiger partial charge in [0.25, 0.3) is 0 Å². The van der Waals surface area contributed by atoms with Gasteiger partial charge in [-0.05, 0) is 24.6 Å². The van der Waals surface area contributed by atoms with E-state index in [1.165, 1.54) is 18.2 Å². The molecule has 2 N–H and O–H groups in total. The molecule has 1 aliphatic heterocycles. The molecule has 1 aromatic rings. The van der Waals surface area contributed by atoms with Crippen molar-refractivity contribution in [3.8, 4) is 0 Å². The normalized spacial score (nSPS) is 18.1. The number of aromatic carboxylic acids is 1. The molecular weight excluding hydrogens is 284 g/mol. The van der Waals surface area contributed by atoms with E-state index in [0.29, 0.717) is 18.1 Å². The highest BCUT2D eigenvalue weighted by Crippen LogP contribution is 2.24. The Morgan fingerprint density at radius 3 is 2.85 bits per heavy atom. The number of carbonyl (C=O) groups excluding carboxylic acids is 1. The van der Waals surface area contributed by atoms with Crippen LogP contribution in [-0.4, -0.2) is 48.3 Å². The van der Waals surface area contributed by atoms with E-state index < -0.39 is 5.97 Å². The van der Waals surface area contributed by atoms with Crippen molar-refractivity contribution in [2.24, 2.45) is 0 Å². The summed E-state index contributed by atoms with van der Waals surface area (Å²) in [6.45, 7) is 1.11. The van der Waals surface area contributed by atoms with Crippen molar-refractivity contribution in [1.29, 1.82) is 0 Å². The Hall–Kier alpha value is -1.79. The van der Waals surface area contributed by atoms with Crippen LogP contribution in [0.5, 0.6) is 0 Å². The van der Waals surface area contributed by atoms with E-state index >= 15 is 0 Å². The molecule has 2 amide bonds. The molecule has 0 saturated carbocycles. The molecular formula is C13H15ClN2O4. The van der Waals surface area contributed by atoms with Crippen molar-refractivity contribution in [2.45, 2.75) is 12.5 Å². The van der Waals surface area contributed by atoms with Crippen LogP contribution in [0.4, 0.5) is 10.5 Å². The highest BCUT2D eigenvalue weighted by atomic mass is 35.5. The van der Waals surface area contributed by atoms with Crippen LogP contribution in [0.2, 0.25) is 5.02 Å². The number of nitrogens with one attached hydrogen (secondary N) is 1. The molecule has 7 heteroatoms. The maximum Gasteiger partial charge on any atom is 0.335 e. The standard InChI is InChI=1S/C13H15ClN2O4/c1-20-9-4-5-16(7-9)13(19)15-11-6-8(12(17)18)2-3-10(11)14/h2-3,6,9H,4-5,7H2,1H3,(H,15,19)(H,17,18). The number of ether oxygens (including phenoxy) is 1. The van der Waals surface area contributed by atoms with Gasteiger partial charge in [-0.1, -0.05) is 11.6 Å². The number of likely N-dealkylation sites (tertiary alicyclic amines) is 1. The van der Waals surface area contributed by atoms with E-state index in [1.54, 1.807) is 12.0 Å². The van der Waals surface area contributed by atoms with Crippen LogP contribution in [0.1, 0.15) is 16.8 Å². The smallest absolute Gasteiger partial charge is 0.335 e. The molecule has 108 valence electrons. The van der Waals surface area contributed by atoms with Crippen LogP contribution in [0, 0.1) is 0 Å². The van der Waals surface area contributed by atoms with Crippen molar-refractivity contribution in [2.75, 3.05) is 25.5 Å². The van der Waals surface area contributed by atoms with Crippen LogP contribution in [0.15, 0.2) is 18.2 Å². The lowest BCUT2D eigenvalue weighted by Crippen LogP contribution is -2.34. The second kappa shape index (κ2) is 6.11. The van der Waals surface area contributed by atoms with Crippen LogP contribution >= 0.6 is 11.6 Å². The number of nitrogens with zero attached hydrogens (tertiary/aromatic N) is 1. The third kappa shape index (κ3) is 3.20. The summed E-state index contributed by atoms with van der Waals surface area (Å²) in [4.78, 5) is 24.6. The first-order valence-electron chi connectivity index (χ1n) is 6.13. The topological polar surface area (TPSA) is 78.9 Å². The first-order valence-corrected chi connectivity index (χ1v) is 6.50. The van der Waals surface area contributed by atoms with Gasteiger partial charge in [-0.3, -0.25) is 0 Å². The third-order valence-corrected chi connectivity index (χ3v) is 3.55. The predicted molar refractivity (Wildman–Crippen MR) is 74.4 cm³/mol. The minimum absolute atomic E-state index is 0.0431. The van der Waals surface area contributed by atoms with Crippen LogP contribution < -0.4 is 5.32 Å². The molecule has 0 bridgehead atoms. The number of carboxylic acid groups (broad SMARTS) is 1. The number of anilines is 1. The maximum atomic E-state index is 12.1. The van der Waals surface area contributed by atoms with Crippen LogP contribution in [0.25, 0.3) is 0 Å². The molecule has 1 saturated heterocycles. The van der Waals surface area contributed by atoms with Crippen molar-refractivity contribution in [1.82, 2.24) is 4.90 Å². The van der Waals surface area contributed by atoms with E-state index in [1.807, 2.05) is 0 Å². The fourth-order valence-electron chi connectivity index (χ4n) is 2.05. The Balaban J connectivity index is 2.08. The second-order valence-corrected chi connectivity index (χ2v) is 4.93. The number of methoxy groups -OCH3 is 1. The molecule has 1 heterocycles. The van der Waals surface area contributed by atoms with Gasteiger partial charge in [0.2, 0.25) is 0 Å². The van der Waals surface area contributed by atoms with Crippen molar-refractivity contribution < 1.29 is 19.4 Å². The third-order valence-electron chi connectivity index (χ3n) is 3.22. The largest absolute Gasteiger partial charge is 0.478 e.